The third-order valence-electron chi connectivity index (χ3n) is 1.83. The highest BCUT2D eigenvalue weighted by atomic mass is 16.4. The van der Waals surface area contributed by atoms with Crippen LogP contribution >= 0.6 is 0 Å². The Bertz CT molecular complexity index is 163. The molecule has 12 heavy (non-hydrogen) atoms. The molecule has 2 atom stereocenters. The second-order valence-corrected chi connectivity index (χ2v) is 3.20. The molecule has 0 aromatic carbocycles. The maximum absolute atomic E-state index is 10.6. The normalized spacial score (nSPS) is 15.7. The number of aliphatic hydroxyl groups excluding tert-OH is 1. The number of allylic oxidation sites excluding steroid dienone is 1. The Morgan fingerprint density at radius 1 is 1.58 bits per heavy atom. The molecule has 0 aromatic rings. The number of aliphatic hydroxyl groups is 1. The van der Waals surface area contributed by atoms with Gasteiger partial charge in [-0.2, -0.15) is 0 Å². The fourth-order valence-electron chi connectivity index (χ4n) is 1.03. The first kappa shape index (κ1) is 11.2. The summed E-state index contributed by atoms with van der Waals surface area (Å²) in [6.45, 7) is 7.04. The molecule has 0 fully saturated rings. The first-order valence-electron chi connectivity index (χ1n) is 4.02. The van der Waals surface area contributed by atoms with Crippen LogP contribution in [-0.2, 0) is 4.79 Å². The number of carbonyl (C=O) groups is 1. The zero-order valence-electron chi connectivity index (χ0n) is 7.53. The fourth-order valence-corrected chi connectivity index (χ4v) is 1.03. The summed E-state index contributed by atoms with van der Waals surface area (Å²) in [6.07, 6.45) is 1.04. The number of hydrogen-bond acceptors (Lipinski definition) is 2. The first-order chi connectivity index (χ1) is 5.50. The van der Waals surface area contributed by atoms with Gasteiger partial charge in [0.05, 0.1) is 12.0 Å². The molecule has 0 spiro atoms. The van der Waals surface area contributed by atoms with Crippen molar-refractivity contribution in [2.45, 2.75) is 26.4 Å². The SMILES string of the molecule is C=CC[C@H](C(=O)O)[C@@H](O)C(C)C. The molecule has 0 saturated heterocycles. The zero-order valence-corrected chi connectivity index (χ0v) is 7.53. The highest BCUT2D eigenvalue weighted by Crippen LogP contribution is 2.16. The molecule has 0 heterocycles. The number of carboxylic acids is 1. The summed E-state index contributed by atoms with van der Waals surface area (Å²) in [4.78, 5) is 10.6. The van der Waals surface area contributed by atoms with Gasteiger partial charge in [0.15, 0.2) is 0 Å². The standard InChI is InChI=1S/C9H16O3/c1-4-5-7(9(11)12)8(10)6(2)3/h4,6-8,10H,1,5H2,2-3H3,(H,11,12)/t7-,8-/m0/s1. The van der Waals surface area contributed by atoms with Crippen molar-refractivity contribution in [1.29, 1.82) is 0 Å². The van der Waals surface area contributed by atoms with Crippen molar-refractivity contribution >= 4 is 5.97 Å². The third kappa shape index (κ3) is 3.05. The number of rotatable bonds is 5. The zero-order chi connectivity index (χ0) is 9.72. The molecule has 0 aliphatic rings. The molecular formula is C9H16O3. The molecule has 0 saturated carbocycles. The number of aliphatic carboxylic acids is 1. The summed E-state index contributed by atoms with van der Waals surface area (Å²) in [5, 5.41) is 18.2. The van der Waals surface area contributed by atoms with E-state index in [-0.39, 0.29) is 5.92 Å². The van der Waals surface area contributed by atoms with Gasteiger partial charge >= 0.3 is 5.97 Å². The van der Waals surface area contributed by atoms with Crippen LogP contribution in [0.4, 0.5) is 0 Å². The summed E-state index contributed by atoms with van der Waals surface area (Å²) in [5.41, 5.74) is 0. The fraction of sp³-hybridized carbons (Fsp3) is 0.667. The maximum atomic E-state index is 10.6. The van der Waals surface area contributed by atoms with E-state index in [1.807, 2.05) is 0 Å². The van der Waals surface area contributed by atoms with Crippen LogP contribution in [0.25, 0.3) is 0 Å². The molecule has 0 radical (unpaired) electrons. The summed E-state index contributed by atoms with van der Waals surface area (Å²) in [6, 6.07) is 0. The van der Waals surface area contributed by atoms with Crippen LogP contribution < -0.4 is 0 Å². The van der Waals surface area contributed by atoms with Crippen LogP contribution in [0.5, 0.6) is 0 Å². The summed E-state index contributed by atoms with van der Waals surface area (Å²) < 4.78 is 0. The van der Waals surface area contributed by atoms with Crippen molar-refractivity contribution in [1.82, 2.24) is 0 Å². The molecule has 0 aliphatic heterocycles. The summed E-state index contributed by atoms with van der Waals surface area (Å²) >= 11 is 0. The molecule has 70 valence electrons. The Kier molecular flexibility index (Phi) is 4.59. The van der Waals surface area contributed by atoms with Crippen LogP contribution in [0.1, 0.15) is 20.3 Å². The predicted molar refractivity (Wildman–Crippen MR) is 46.8 cm³/mol. The van der Waals surface area contributed by atoms with Crippen molar-refractivity contribution in [2.75, 3.05) is 0 Å². The van der Waals surface area contributed by atoms with E-state index in [1.165, 1.54) is 6.08 Å². The van der Waals surface area contributed by atoms with Crippen LogP contribution in [0, 0.1) is 11.8 Å². The van der Waals surface area contributed by atoms with E-state index in [1.54, 1.807) is 13.8 Å². The molecular weight excluding hydrogens is 156 g/mol. The van der Waals surface area contributed by atoms with Gasteiger partial charge in [-0.05, 0) is 12.3 Å². The molecule has 3 nitrogen and oxygen atoms in total. The lowest BCUT2D eigenvalue weighted by Crippen LogP contribution is -2.31. The second-order valence-electron chi connectivity index (χ2n) is 3.20. The van der Waals surface area contributed by atoms with E-state index in [0.717, 1.165) is 0 Å². The van der Waals surface area contributed by atoms with E-state index >= 15 is 0 Å². The third-order valence-corrected chi connectivity index (χ3v) is 1.83. The lowest BCUT2D eigenvalue weighted by molar-refractivity contribution is -0.146. The van der Waals surface area contributed by atoms with Gasteiger partial charge < -0.3 is 10.2 Å². The van der Waals surface area contributed by atoms with Crippen molar-refractivity contribution in [3.8, 4) is 0 Å². The largest absolute Gasteiger partial charge is 0.481 e. The molecule has 0 bridgehead atoms. The van der Waals surface area contributed by atoms with Gasteiger partial charge in [0.1, 0.15) is 0 Å². The van der Waals surface area contributed by atoms with Crippen molar-refractivity contribution in [3.63, 3.8) is 0 Å². The Morgan fingerprint density at radius 2 is 2.08 bits per heavy atom. The average molecular weight is 172 g/mol. The van der Waals surface area contributed by atoms with E-state index in [4.69, 9.17) is 5.11 Å². The monoisotopic (exact) mass is 172 g/mol. The molecule has 2 N–H and O–H groups in total. The van der Waals surface area contributed by atoms with E-state index in [0.29, 0.717) is 6.42 Å². The highest BCUT2D eigenvalue weighted by Gasteiger charge is 2.27. The molecule has 0 unspecified atom stereocenters. The molecule has 3 heteroatoms. The molecule has 0 aliphatic carbocycles. The van der Waals surface area contributed by atoms with Crippen LogP contribution in [-0.4, -0.2) is 22.3 Å². The number of carboxylic acid groups (broad SMARTS) is 1. The van der Waals surface area contributed by atoms with E-state index < -0.39 is 18.0 Å². The van der Waals surface area contributed by atoms with Gasteiger partial charge in [0.2, 0.25) is 0 Å². The average Bonchev–Trinajstić information content (AvgIpc) is 1.98. The predicted octanol–water partition coefficient (Wildman–Crippen LogP) is 1.28. The van der Waals surface area contributed by atoms with Gasteiger partial charge in [-0.3, -0.25) is 4.79 Å². The minimum absolute atomic E-state index is 0.0361. The van der Waals surface area contributed by atoms with Crippen molar-refractivity contribution in [2.24, 2.45) is 11.8 Å². The Balaban J connectivity index is 4.28. The minimum Gasteiger partial charge on any atom is -0.481 e. The maximum Gasteiger partial charge on any atom is 0.309 e. The van der Waals surface area contributed by atoms with Crippen molar-refractivity contribution < 1.29 is 15.0 Å². The molecule has 0 aromatic heterocycles. The summed E-state index contributed by atoms with van der Waals surface area (Å²) in [7, 11) is 0. The van der Waals surface area contributed by atoms with Gasteiger partial charge in [0, 0.05) is 0 Å². The van der Waals surface area contributed by atoms with E-state index in [9.17, 15) is 9.90 Å². The minimum atomic E-state index is -0.962. The second kappa shape index (κ2) is 4.93. The molecule has 0 amide bonds. The first-order valence-corrected chi connectivity index (χ1v) is 4.02. The van der Waals surface area contributed by atoms with Gasteiger partial charge in [0.25, 0.3) is 0 Å². The highest BCUT2D eigenvalue weighted by molar-refractivity contribution is 5.70. The number of hydrogen-bond donors (Lipinski definition) is 2. The lowest BCUT2D eigenvalue weighted by atomic mass is 9.91. The van der Waals surface area contributed by atoms with Gasteiger partial charge in [-0.15, -0.1) is 6.58 Å². The topological polar surface area (TPSA) is 57.5 Å². The van der Waals surface area contributed by atoms with Crippen molar-refractivity contribution in [3.05, 3.63) is 12.7 Å². The Labute approximate surface area is 72.7 Å². The Morgan fingerprint density at radius 3 is 2.33 bits per heavy atom. The summed E-state index contributed by atoms with van der Waals surface area (Å²) in [5.74, 6) is -1.72. The van der Waals surface area contributed by atoms with Gasteiger partial charge in [-0.1, -0.05) is 19.9 Å². The quantitative estimate of drug-likeness (QED) is 0.614. The van der Waals surface area contributed by atoms with Crippen LogP contribution in [0.3, 0.4) is 0 Å². The van der Waals surface area contributed by atoms with Crippen LogP contribution in [0.2, 0.25) is 0 Å². The lowest BCUT2D eigenvalue weighted by Gasteiger charge is -2.20. The van der Waals surface area contributed by atoms with Crippen LogP contribution in [0.15, 0.2) is 12.7 Å². The van der Waals surface area contributed by atoms with Gasteiger partial charge in [-0.25, -0.2) is 0 Å². The Hall–Kier alpha value is -0.830. The van der Waals surface area contributed by atoms with E-state index in [2.05, 4.69) is 6.58 Å². The molecule has 0 rings (SSSR count). The smallest absolute Gasteiger partial charge is 0.309 e.